The van der Waals surface area contributed by atoms with Crippen molar-refractivity contribution in [1.82, 2.24) is 10.2 Å². The van der Waals surface area contributed by atoms with Gasteiger partial charge in [-0.25, -0.2) is 0 Å². The van der Waals surface area contributed by atoms with Crippen LogP contribution in [0.3, 0.4) is 0 Å². The van der Waals surface area contributed by atoms with Gasteiger partial charge in [-0.05, 0) is 43.3 Å². The Morgan fingerprint density at radius 3 is 2.62 bits per heavy atom. The number of amides is 3. The van der Waals surface area contributed by atoms with Crippen LogP contribution in [0.1, 0.15) is 27.4 Å². The number of rotatable bonds is 5. The van der Waals surface area contributed by atoms with Gasteiger partial charge in [-0.2, -0.15) is 0 Å². The topological polar surface area (TPSA) is 79.6 Å². The van der Waals surface area contributed by atoms with Crippen molar-refractivity contribution < 1.29 is 18.8 Å². The molecule has 0 aliphatic carbocycles. The van der Waals surface area contributed by atoms with Crippen LogP contribution in [-0.2, 0) is 4.79 Å². The number of benzene rings is 1. The van der Waals surface area contributed by atoms with Gasteiger partial charge >= 0.3 is 0 Å². The van der Waals surface area contributed by atoms with Gasteiger partial charge in [-0.1, -0.05) is 30.3 Å². The molecule has 1 N–H and O–H groups in total. The fourth-order valence-corrected chi connectivity index (χ4v) is 3.49. The lowest BCUT2D eigenvalue weighted by Crippen LogP contribution is -2.37. The number of carbonyl (C=O) groups excluding carboxylic acids is 3. The Bertz CT molecular complexity index is 886. The first-order chi connectivity index (χ1) is 12.5. The number of nitrogens with zero attached hydrogens (tertiary/aromatic N) is 1. The minimum Gasteiger partial charge on any atom is -0.466 e. The van der Waals surface area contributed by atoms with Gasteiger partial charge in [0.1, 0.15) is 11.5 Å². The van der Waals surface area contributed by atoms with E-state index in [0.717, 1.165) is 22.2 Å². The van der Waals surface area contributed by atoms with Crippen molar-refractivity contribution in [2.24, 2.45) is 0 Å². The third-order valence-corrected chi connectivity index (χ3v) is 4.78. The van der Waals surface area contributed by atoms with Crippen LogP contribution in [0.25, 0.3) is 6.08 Å². The van der Waals surface area contributed by atoms with E-state index in [-0.39, 0.29) is 30.1 Å². The molecule has 1 fully saturated rings. The van der Waals surface area contributed by atoms with Crippen molar-refractivity contribution in [3.05, 3.63) is 64.0 Å². The first kappa shape index (κ1) is 18.0. The molecule has 1 saturated heterocycles. The lowest BCUT2D eigenvalue weighted by Gasteiger charge is -2.12. The zero-order valence-corrected chi connectivity index (χ0v) is 15.3. The molecule has 2 aromatic rings. The number of aryl methyl sites for hydroxylation is 2. The zero-order valence-electron chi connectivity index (χ0n) is 14.4. The summed E-state index contributed by atoms with van der Waals surface area (Å²) in [7, 11) is 0. The number of furan rings is 1. The predicted molar refractivity (Wildman–Crippen MR) is 99.6 cm³/mol. The highest BCUT2D eigenvalue weighted by Gasteiger charge is 2.34. The SMILES string of the molecule is Cc1cc(C(=O)NCCN2C(=O)S/C(=C\c3ccccc3)C2=O)c(C)o1. The Balaban J connectivity index is 1.59. The van der Waals surface area contributed by atoms with Crippen LogP contribution in [0.2, 0.25) is 0 Å². The van der Waals surface area contributed by atoms with Crippen LogP contribution in [0.5, 0.6) is 0 Å². The van der Waals surface area contributed by atoms with E-state index >= 15 is 0 Å². The van der Waals surface area contributed by atoms with E-state index in [9.17, 15) is 14.4 Å². The Morgan fingerprint density at radius 2 is 1.96 bits per heavy atom. The molecule has 3 rings (SSSR count). The molecule has 2 heterocycles. The maximum absolute atomic E-state index is 12.4. The molecule has 134 valence electrons. The molecule has 26 heavy (non-hydrogen) atoms. The van der Waals surface area contributed by atoms with Crippen LogP contribution in [0.15, 0.2) is 45.7 Å². The summed E-state index contributed by atoms with van der Waals surface area (Å²) in [6, 6.07) is 11.0. The van der Waals surface area contributed by atoms with Crippen LogP contribution in [0.4, 0.5) is 4.79 Å². The number of hydrogen-bond donors (Lipinski definition) is 1. The lowest BCUT2D eigenvalue weighted by molar-refractivity contribution is -0.122. The molecule has 0 bridgehead atoms. The summed E-state index contributed by atoms with van der Waals surface area (Å²) in [5, 5.41) is 2.38. The molecule has 0 radical (unpaired) electrons. The summed E-state index contributed by atoms with van der Waals surface area (Å²) in [6.45, 7) is 3.79. The number of thioether (sulfide) groups is 1. The predicted octanol–water partition coefficient (Wildman–Crippen LogP) is 3.36. The van der Waals surface area contributed by atoms with Crippen LogP contribution in [-0.4, -0.2) is 35.0 Å². The highest BCUT2D eigenvalue weighted by atomic mass is 32.2. The Morgan fingerprint density at radius 1 is 1.23 bits per heavy atom. The van der Waals surface area contributed by atoms with Crippen molar-refractivity contribution in [3.63, 3.8) is 0 Å². The molecule has 1 aliphatic heterocycles. The highest BCUT2D eigenvalue weighted by Crippen LogP contribution is 2.31. The fraction of sp³-hybridized carbons (Fsp3) is 0.211. The van der Waals surface area contributed by atoms with E-state index in [0.29, 0.717) is 22.0 Å². The smallest absolute Gasteiger partial charge is 0.293 e. The van der Waals surface area contributed by atoms with E-state index in [2.05, 4.69) is 5.32 Å². The Labute approximate surface area is 155 Å². The maximum atomic E-state index is 12.4. The Kier molecular flexibility index (Phi) is 5.27. The number of nitrogens with one attached hydrogen (secondary N) is 1. The maximum Gasteiger partial charge on any atom is 0.293 e. The average molecular weight is 370 g/mol. The van der Waals surface area contributed by atoms with E-state index in [1.54, 1.807) is 26.0 Å². The van der Waals surface area contributed by atoms with E-state index in [4.69, 9.17) is 4.42 Å². The minimum atomic E-state index is -0.339. The second kappa shape index (κ2) is 7.61. The lowest BCUT2D eigenvalue weighted by atomic mass is 10.2. The second-order valence-electron chi connectivity index (χ2n) is 5.83. The molecule has 3 amide bonds. The van der Waals surface area contributed by atoms with Gasteiger partial charge in [-0.3, -0.25) is 19.3 Å². The van der Waals surface area contributed by atoms with Gasteiger partial charge in [-0.15, -0.1) is 0 Å². The third kappa shape index (κ3) is 3.88. The number of imide groups is 1. The van der Waals surface area contributed by atoms with E-state index in [1.807, 2.05) is 30.3 Å². The molecule has 1 aromatic carbocycles. The highest BCUT2D eigenvalue weighted by molar-refractivity contribution is 8.18. The molecular formula is C19H18N2O4S. The third-order valence-electron chi connectivity index (χ3n) is 3.88. The van der Waals surface area contributed by atoms with Gasteiger partial charge in [0.15, 0.2) is 0 Å². The average Bonchev–Trinajstić information content (AvgIpc) is 3.08. The summed E-state index contributed by atoms with van der Waals surface area (Å²) < 4.78 is 5.33. The van der Waals surface area contributed by atoms with E-state index in [1.165, 1.54) is 0 Å². The molecule has 6 nitrogen and oxygen atoms in total. The molecule has 0 spiro atoms. The molecular weight excluding hydrogens is 352 g/mol. The van der Waals surface area contributed by atoms with E-state index < -0.39 is 0 Å². The first-order valence-electron chi connectivity index (χ1n) is 8.11. The number of carbonyl (C=O) groups is 3. The van der Waals surface area contributed by atoms with Crippen molar-refractivity contribution in [3.8, 4) is 0 Å². The van der Waals surface area contributed by atoms with Crippen molar-refractivity contribution >= 4 is 34.9 Å². The summed E-state index contributed by atoms with van der Waals surface area (Å²) in [5.74, 6) is 0.571. The molecule has 0 saturated carbocycles. The van der Waals surface area contributed by atoms with Crippen LogP contribution >= 0.6 is 11.8 Å². The molecule has 1 aliphatic rings. The first-order valence-corrected chi connectivity index (χ1v) is 8.93. The van der Waals surface area contributed by atoms with Gasteiger partial charge < -0.3 is 9.73 Å². The van der Waals surface area contributed by atoms with Crippen LogP contribution in [0, 0.1) is 13.8 Å². The van der Waals surface area contributed by atoms with Gasteiger partial charge in [0, 0.05) is 13.1 Å². The Hall–Kier alpha value is -2.80. The monoisotopic (exact) mass is 370 g/mol. The standard InChI is InChI=1S/C19H18N2O4S/c1-12-10-15(13(2)25-12)17(22)20-8-9-21-18(23)16(26-19(21)24)11-14-6-4-3-5-7-14/h3-7,10-11H,8-9H2,1-2H3,(H,20,22)/b16-11-. The summed E-state index contributed by atoms with van der Waals surface area (Å²) in [6.07, 6.45) is 1.70. The summed E-state index contributed by atoms with van der Waals surface area (Å²) in [5.41, 5.74) is 1.32. The largest absolute Gasteiger partial charge is 0.466 e. The van der Waals surface area contributed by atoms with Gasteiger partial charge in [0.25, 0.3) is 17.1 Å². The minimum absolute atomic E-state index is 0.123. The normalized spacial score (nSPS) is 15.8. The fourth-order valence-electron chi connectivity index (χ4n) is 2.63. The molecule has 1 aromatic heterocycles. The van der Waals surface area contributed by atoms with Crippen molar-refractivity contribution in [1.29, 1.82) is 0 Å². The quantitative estimate of drug-likeness (QED) is 0.817. The molecule has 0 atom stereocenters. The van der Waals surface area contributed by atoms with Crippen molar-refractivity contribution in [2.45, 2.75) is 13.8 Å². The van der Waals surface area contributed by atoms with Gasteiger partial charge in [0.05, 0.1) is 10.5 Å². The molecule has 7 heteroatoms. The van der Waals surface area contributed by atoms with Gasteiger partial charge in [0.2, 0.25) is 0 Å². The summed E-state index contributed by atoms with van der Waals surface area (Å²) in [4.78, 5) is 38.2. The summed E-state index contributed by atoms with van der Waals surface area (Å²) >= 11 is 0.908. The zero-order chi connectivity index (χ0) is 18.7. The molecule has 0 unspecified atom stereocenters. The second-order valence-corrected chi connectivity index (χ2v) is 6.82. The van der Waals surface area contributed by atoms with Crippen LogP contribution < -0.4 is 5.32 Å². The van der Waals surface area contributed by atoms with Crippen molar-refractivity contribution in [2.75, 3.05) is 13.1 Å². The number of hydrogen-bond acceptors (Lipinski definition) is 5.